The summed E-state index contributed by atoms with van der Waals surface area (Å²) in [7, 11) is 1.82. The molecule has 0 aliphatic carbocycles. The molecular weight excluding hydrogens is 240 g/mol. The van der Waals surface area contributed by atoms with Crippen molar-refractivity contribution in [1.29, 1.82) is 0 Å². The zero-order valence-electron chi connectivity index (χ0n) is 10.1. The van der Waals surface area contributed by atoms with Crippen molar-refractivity contribution in [1.82, 2.24) is 20.1 Å². The Bertz CT molecular complexity index is 356. The van der Waals surface area contributed by atoms with Gasteiger partial charge in [0.1, 0.15) is 12.4 Å². The molecule has 0 saturated heterocycles. The molecule has 0 aliphatic rings. The van der Waals surface area contributed by atoms with Crippen LogP contribution >= 0.6 is 11.8 Å². The van der Waals surface area contributed by atoms with Crippen molar-refractivity contribution in [3.63, 3.8) is 0 Å². The average Bonchev–Trinajstić information content (AvgIpc) is 2.69. The summed E-state index contributed by atoms with van der Waals surface area (Å²) >= 11 is 1.52. The van der Waals surface area contributed by atoms with Crippen LogP contribution in [0.5, 0.6) is 0 Å². The number of aliphatic carboxylic acids is 1. The molecule has 7 heteroatoms. The molecule has 0 spiro atoms. The Kier molecular flexibility index (Phi) is 5.99. The van der Waals surface area contributed by atoms with Crippen molar-refractivity contribution in [2.24, 2.45) is 7.05 Å². The van der Waals surface area contributed by atoms with Crippen LogP contribution in [0.1, 0.15) is 19.8 Å². The summed E-state index contributed by atoms with van der Waals surface area (Å²) in [5.74, 6) is -0.0859. The van der Waals surface area contributed by atoms with Crippen LogP contribution < -0.4 is 5.32 Å². The maximum absolute atomic E-state index is 11.0. The lowest BCUT2D eigenvalue weighted by molar-refractivity contribution is -0.139. The first-order chi connectivity index (χ1) is 8.15. The van der Waals surface area contributed by atoms with E-state index in [-0.39, 0.29) is 0 Å². The second-order valence-corrected chi connectivity index (χ2v) is 4.71. The van der Waals surface area contributed by atoms with Gasteiger partial charge in [0.15, 0.2) is 5.16 Å². The summed E-state index contributed by atoms with van der Waals surface area (Å²) < 4.78 is 1.68. The van der Waals surface area contributed by atoms with Crippen LogP contribution in [-0.4, -0.2) is 44.2 Å². The van der Waals surface area contributed by atoms with Gasteiger partial charge in [0.05, 0.1) is 0 Å². The first-order valence-electron chi connectivity index (χ1n) is 5.58. The van der Waals surface area contributed by atoms with E-state index in [0.29, 0.717) is 12.2 Å². The average molecular weight is 258 g/mol. The van der Waals surface area contributed by atoms with E-state index in [0.717, 1.165) is 18.1 Å². The molecule has 0 aliphatic heterocycles. The Balaban J connectivity index is 2.32. The van der Waals surface area contributed by atoms with Crippen molar-refractivity contribution in [2.75, 3.05) is 12.3 Å². The molecule has 96 valence electrons. The predicted molar refractivity (Wildman–Crippen MR) is 66.1 cm³/mol. The molecule has 0 fully saturated rings. The van der Waals surface area contributed by atoms with Crippen LogP contribution in [0, 0.1) is 0 Å². The van der Waals surface area contributed by atoms with Gasteiger partial charge in [0, 0.05) is 12.8 Å². The molecule has 17 heavy (non-hydrogen) atoms. The van der Waals surface area contributed by atoms with Crippen molar-refractivity contribution < 1.29 is 9.90 Å². The normalized spacial score (nSPS) is 12.6. The largest absolute Gasteiger partial charge is 0.480 e. The van der Waals surface area contributed by atoms with Gasteiger partial charge in [0.25, 0.3) is 0 Å². The Morgan fingerprint density at radius 1 is 1.71 bits per heavy atom. The lowest BCUT2D eigenvalue weighted by atomic mass is 10.2. The molecule has 0 radical (unpaired) electrons. The Hall–Kier alpha value is -1.08. The van der Waals surface area contributed by atoms with Gasteiger partial charge in [-0.1, -0.05) is 18.7 Å². The highest BCUT2D eigenvalue weighted by Gasteiger charge is 2.16. The van der Waals surface area contributed by atoms with Crippen LogP contribution in [-0.2, 0) is 11.8 Å². The lowest BCUT2D eigenvalue weighted by Gasteiger charge is -2.12. The number of hydrogen-bond acceptors (Lipinski definition) is 5. The van der Waals surface area contributed by atoms with E-state index in [1.165, 1.54) is 18.1 Å². The minimum absolute atomic E-state index is 0.476. The summed E-state index contributed by atoms with van der Waals surface area (Å²) in [4.78, 5) is 15.0. The molecule has 1 aromatic rings. The zero-order chi connectivity index (χ0) is 12.7. The van der Waals surface area contributed by atoms with Gasteiger partial charge in [-0.2, -0.15) is 5.10 Å². The molecule has 1 atom stereocenters. The van der Waals surface area contributed by atoms with Gasteiger partial charge >= 0.3 is 5.97 Å². The number of rotatable bonds is 8. The zero-order valence-corrected chi connectivity index (χ0v) is 10.9. The number of aryl methyl sites for hydroxylation is 1. The van der Waals surface area contributed by atoms with Crippen LogP contribution in [0.3, 0.4) is 0 Å². The van der Waals surface area contributed by atoms with E-state index in [1.807, 2.05) is 14.0 Å². The smallest absolute Gasteiger partial charge is 0.320 e. The van der Waals surface area contributed by atoms with Gasteiger partial charge in [-0.25, -0.2) is 9.67 Å². The maximum atomic E-state index is 11.0. The van der Waals surface area contributed by atoms with E-state index in [4.69, 9.17) is 5.11 Å². The number of aromatic nitrogens is 3. The lowest BCUT2D eigenvalue weighted by Crippen LogP contribution is -2.37. The van der Waals surface area contributed by atoms with E-state index in [1.54, 1.807) is 4.68 Å². The molecule has 0 aromatic carbocycles. The monoisotopic (exact) mass is 258 g/mol. The highest BCUT2D eigenvalue weighted by Crippen LogP contribution is 2.15. The van der Waals surface area contributed by atoms with Gasteiger partial charge in [-0.3, -0.25) is 4.79 Å². The molecule has 0 amide bonds. The van der Waals surface area contributed by atoms with Crippen molar-refractivity contribution in [3.8, 4) is 0 Å². The number of thioether (sulfide) groups is 1. The molecule has 1 rings (SSSR count). The third-order valence-corrected chi connectivity index (χ3v) is 3.31. The molecule has 2 N–H and O–H groups in total. The van der Waals surface area contributed by atoms with Crippen LogP contribution in [0.4, 0.5) is 0 Å². The van der Waals surface area contributed by atoms with Gasteiger partial charge in [-0.15, -0.1) is 0 Å². The summed E-state index contributed by atoms with van der Waals surface area (Å²) in [6, 6.07) is -0.476. The van der Waals surface area contributed by atoms with Crippen molar-refractivity contribution >= 4 is 17.7 Å². The number of nitrogens with zero attached hydrogens (tertiary/aromatic N) is 3. The summed E-state index contributed by atoms with van der Waals surface area (Å²) in [5.41, 5.74) is 0. The minimum atomic E-state index is -0.794. The van der Waals surface area contributed by atoms with Crippen LogP contribution in [0.2, 0.25) is 0 Å². The fourth-order valence-corrected chi connectivity index (χ4v) is 2.21. The van der Waals surface area contributed by atoms with Crippen molar-refractivity contribution in [2.45, 2.75) is 31.0 Å². The molecule has 6 nitrogen and oxygen atoms in total. The standard InChI is InChI=1S/C10H18N4O2S/c1-3-5-11-8(9(15)16)4-6-17-10-12-7-13-14(10)2/h7-8,11H,3-6H2,1-2H3,(H,15,16). The third-order valence-electron chi connectivity index (χ3n) is 2.25. The summed E-state index contributed by atoms with van der Waals surface area (Å²) in [6.07, 6.45) is 3.00. The van der Waals surface area contributed by atoms with Gasteiger partial charge < -0.3 is 10.4 Å². The quantitative estimate of drug-likeness (QED) is 0.670. The Morgan fingerprint density at radius 3 is 3.00 bits per heavy atom. The van der Waals surface area contributed by atoms with Crippen LogP contribution in [0.25, 0.3) is 0 Å². The Morgan fingerprint density at radius 2 is 2.47 bits per heavy atom. The fourth-order valence-electron chi connectivity index (χ4n) is 1.32. The van der Waals surface area contributed by atoms with E-state index >= 15 is 0 Å². The third kappa shape index (κ3) is 4.74. The van der Waals surface area contributed by atoms with Crippen molar-refractivity contribution in [3.05, 3.63) is 6.33 Å². The highest BCUT2D eigenvalue weighted by atomic mass is 32.2. The fraction of sp³-hybridized carbons (Fsp3) is 0.700. The first-order valence-corrected chi connectivity index (χ1v) is 6.56. The summed E-state index contributed by atoms with van der Waals surface area (Å²) in [5, 5.41) is 16.8. The number of nitrogens with one attached hydrogen (secondary N) is 1. The topological polar surface area (TPSA) is 80.0 Å². The second kappa shape index (κ2) is 7.29. The minimum Gasteiger partial charge on any atom is -0.480 e. The van der Waals surface area contributed by atoms with Crippen LogP contribution in [0.15, 0.2) is 11.5 Å². The molecule has 0 bridgehead atoms. The highest BCUT2D eigenvalue weighted by molar-refractivity contribution is 7.99. The van der Waals surface area contributed by atoms with E-state index in [9.17, 15) is 4.79 Å². The first kappa shape index (κ1) is 14.0. The summed E-state index contributed by atoms with van der Waals surface area (Å²) in [6.45, 7) is 2.74. The number of hydrogen-bond donors (Lipinski definition) is 2. The molecule has 1 heterocycles. The molecular formula is C10H18N4O2S. The molecule has 1 aromatic heterocycles. The SMILES string of the molecule is CCCNC(CCSc1ncnn1C)C(=O)O. The molecule has 1 unspecified atom stereocenters. The molecule has 0 saturated carbocycles. The van der Waals surface area contributed by atoms with Gasteiger partial charge in [-0.05, 0) is 19.4 Å². The predicted octanol–water partition coefficient (Wildman–Crippen LogP) is 0.750. The Labute approximate surface area is 105 Å². The van der Waals surface area contributed by atoms with E-state index in [2.05, 4.69) is 15.4 Å². The number of carbonyl (C=O) groups is 1. The van der Waals surface area contributed by atoms with E-state index < -0.39 is 12.0 Å². The number of carboxylic acids is 1. The second-order valence-electron chi connectivity index (χ2n) is 3.65. The maximum Gasteiger partial charge on any atom is 0.320 e. The number of carboxylic acid groups (broad SMARTS) is 1. The van der Waals surface area contributed by atoms with Gasteiger partial charge in [0.2, 0.25) is 0 Å².